The maximum atomic E-state index is 11.6. The Morgan fingerprint density at radius 1 is 1.62 bits per heavy atom. The summed E-state index contributed by atoms with van der Waals surface area (Å²) in [6, 6.07) is 6.02. The van der Waals surface area contributed by atoms with Gasteiger partial charge in [-0.15, -0.1) is 0 Å². The summed E-state index contributed by atoms with van der Waals surface area (Å²) in [5, 5.41) is 3.27. The number of ether oxygens (including phenoxy) is 1. The quantitative estimate of drug-likeness (QED) is 0.848. The van der Waals surface area contributed by atoms with E-state index in [0.717, 1.165) is 16.6 Å². The summed E-state index contributed by atoms with van der Waals surface area (Å²) < 4.78 is 6.08. The van der Waals surface area contributed by atoms with Crippen molar-refractivity contribution in [1.82, 2.24) is 0 Å². The van der Waals surface area contributed by atoms with Gasteiger partial charge in [0, 0.05) is 11.0 Å². The van der Waals surface area contributed by atoms with Gasteiger partial charge in [0.15, 0.2) is 0 Å². The van der Waals surface area contributed by atoms with Crippen molar-refractivity contribution >= 4 is 27.6 Å². The Balaban J connectivity index is 2.15. The van der Waals surface area contributed by atoms with Gasteiger partial charge in [0.05, 0.1) is 18.2 Å². The second-order valence-electron chi connectivity index (χ2n) is 3.81. The molecule has 0 unspecified atom stereocenters. The Morgan fingerprint density at radius 2 is 2.44 bits per heavy atom. The first-order valence-electron chi connectivity index (χ1n) is 5.40. The zero-order chi connectivity index (χ0) is 11.5. The van der Waals surface area contributed by atoms with Gasteiger partial charge in [-0.2, -0.15) is 0 Å². The van der Waals surface area contributed by atoms with Crippen LogP contribution in [0.1, 0.15) is 12.5 Å². The summed E-state index contributed by atoms with van der Waals surface area (Å²) >= 11 is 3.49. The number of esters is 1. The van der Waals surface area contributed by atoms with E-state index in [-0.39, 0.29) is 11.9 Å². The number of rotatable bonds is 2. The van der Waals surface area contributed by atoms with Crippen molar-refractivity contribution < 1.29 is 9.53 Å². The van der Waals surface area contributed by atoms with Gasteiger partial charge in [0.1, 0.15) is 0 Å². The fourth-order valence-electron chi connectivity index (χ4n) is 1.93. The van der Waals surface area contributed by atoms with Crippen molar-refractivity contribution in [3.8, 4) is 0 Å². The van der Waals surface area contributed by atoms with Crippen molar-refractivity contribution in [3.05, 3.63) is 28.2 Å². The van der Waals surface area contributed by atoms with Gasteiger partial charge in [0.25, 0.3) is 0 Å². The maximum Gasteiger partial charge on any atom is 0.311 e. The Hall–Kier alpha value is -1.03. The molecule has 0 aromatic heterocycles. The van der Waals surface area contributed by atoms with Crippen LogP contribution in [0.2, 0.25) is 0 Å². The van der Waals surface area contributed by atoms with Gasteiger partial charge in [-0.1, -0.05) is 12.1 Å². The molecule has 0 spiro atoms. The molecule has 1 atom stereocenters. The van der Waals surface area contributed by atoms with Gasteiger partial charge in [-0.05, 0) is 40.9 Å². The maximum absolute atomic E-state index is 11.6. The molecule has 3 nitrogen and oxygen atoms in total. The van der Waals surface area contributed by atoms with Crippen molar-refractivity contribution in [3.63, 3.8) is 0 Å². The molecule has 0 saturated carbocycles. The average molecular weight is 284 g/mol. The molecular formula is C12H14BrNO2. The highest BCUT2D eigenvalue weighted by molar-refractivity contribution is 9.10. The summed E-state index contributed by atoms with van der Waals surface area (Å²) in [7, 11) is 0. The number of anilines is 1. The van der Waals surface area contributed by atoms with Crippen LogP contribution in [-0.2, 0) is 16.0 Å². The Bertz CT molecular complexity index is 406. The summed E-state index contributed by atoms with van der Waals surface area (Å²) in [5.74, 6) is -0.178. The highest BCUT2D eigenvalue weighted by atomic mass is 79.9. The Morgan fingerprint density at radius 3 is 3.19 bits per heavy atom. The first-order valence-corrected chi connectivity index (χ1v) is 6.19. The Labute approximate surface area is 103 Å². The SMILES string of the molecule is CCOC(=O)[C@@H]1CNc2c(Br)cccc2C1. The predicted octanol–water partition coefficient (Wildman–Crippen LogP) is 2.60. The number of carbonyl (C=O) groups is 1. The highest BCUT2D eigenvalue weighted by Crippen LogP contribution is 2.31. The number of hydrogen-bond acceptors (Lipinski definition) is 3. The van der Waals surface area contributed by atoms with Crippen LogP contribution in [0.15, 0.2) is 22.7 Å². The van der Waals surface area contributed by atoms with Crippen LogP contribution in [-0.4, -0.2) is 19.1 Å². The molecule has 86 valence electrons. The first-order chi connectivity index (χ1) is 7.72. The lowest BCUT2D eigenvalue weighted by molar-refractivity contribution is -0.147. The number of benzene rings is 1. The van der Waals surface area contributed by atoms with Gasteiger partial charge in [-0.25, -0.2) is 0 Å². The third-order valence-corrected chi connectivity index (χ3v) is 3.37. The molecule has 0 aliphatic carbocycles. The van der Waals surface area contributed by atoms with E-state index in [1.54, 1.807) is 0 Å². The second-order valence-corrected chi connectivity index (χ2v) is 4.66. The molecule has 4 heteroatoms. The molecule has 1 heterocycles. The van der Waals surface area contributed by atoms with E-state index in [2.05, 4.69) is 21.2 Å². The molecule has 1 aromatic rings. The van der Waals surface area contributed by atoms with E-state index in [9.17, 15) is 4.79 Å². The molecule has 0 amide bonds. The third-order valence-electron chi connectivity index (χ3n) is 2.71. The van der Waals surface area contributed by atoms with Crippen LogP contribution in [0.4, 0.5) is 5.69 Å². The zero-order valence-electron chi connectivity index (χ0n) is 9.13. The fraction of sp³-hybridized carbons (Fsp3) is 0.417. The normalized spacial score (nSPS) is 18.5. The predicted molar refractivity (Wildman–Crippen MR) is 66.5 cm³/mol. The zero-order valence-corrected chi connectivity index (χ0v) is 10.7. The van der Waals surface area contributed by atoms with E-state index < -0.39 is 0 Å². The molecule has 0 fully saturated rings. The standard InChI is InChI=1S/C12H14BrNO2/c1-2-16-12(15)9-6-8-4-3-5-10(13)11(8)14-7-9/h3-5,9,14H,2,6-7H2,1H3/t9-/m0/s1. The van der Waals surface area contributed by atoms with Crippen molar-refractivity contribution in [2.24, 2.45) is 5.92 Å². The van der Waals surface area contributed by atoms with Crippen LogP contribution in [0.3, 0.4) is 0 Å². The monoisotopic (exact) mass is 283 g/mol. The third kappa shape index (κ3) is 2.21. The first kappa shape index (κ1) is 11.5. The smallest absolute Gasteiger partial charge is 0.311 e. The average Bonchev–Trinajstić information content (AvgIpc) is 2.29. The highest BCUT2D eigenvalue weighted by Gasteiger charge is 2.26. The van der Waals surface area contributed by atoms with Crippen molar-refractivity contribution in [2.45, 2.75) is 13.3 Å². The summed E-state index contributed by atoms with van der Waals surface area (Å²) in [6.45, 7) is 2.92. The minimum absolute atomic E-state index is 0.0678. The van der Waals surface area contributed by atoms with Crippen LogP contribution in [0.5, 0.6) is 0 Å². The van der Waals surface area contributed by atoms with Gasteiger partial charge >= 0.3 is 5.97 Å². The number of halogens is 1. The minimum Gasteiger partial charge on any atom is -0.466 e. The van der Waals surface area contributed by atoms with Gasteiger partial charge in [0.2, 0.25) is 0 Å². The second kappa shape index (κ2) is 4.87. The van der Waals surface area contributed by atoms with E-state index >= 15 is 0 Å². The van der Waals surface area contributed by atoms with E-state index in [1.165, 1.54) is 5.56 Å². The molecule has 0 bridgehead atoms. The van der Waals surface area contributed by atoms with Crippen LogP contribution in [0, 0.1) is 5.92 Å². The van der Waals surface area contributed by atoms with Crippen LogP contribution in [0.25, 0.3) is 0 Å². The molecule has 2 rings (SSSR count). The fourth-order valence-corrected chi connectivity index (χ4v) is 2.47. The molecule has 0 saturated heterocycles. The summed E-state index contributed by atoms with van der Waals surface area (Å²) in [5.41, 5.74) is 2.27. The number of fused-ring (bicyclic) bond motifs is 1. The molecule has 1 aromatic carbocycles. The van der Waals surface area contributed by atoms with Crippen molar-refractivity contribution in [2.75, 3.05) is 18.5 Å². The van der Waals surface area contributed by atoms with Crippen LogP contribution < -0.4 is 5.32 Å². The lowest BCUT2D eigenvalue weighted by atomic mass is 9.94. The Kier molecular flexibility index (Phi) is 3.49. The number of para-hydroxylation sites is 1. The topological polar surface area (TPSA) is 38.3 Å². The summed E-state index contributed by atoms with van der Waals surface area (Å²) in [4.78, 5) is 11.6. The minimum atomic E-state index is -0.111. The largest absolute Gasteiger partial charge is 0.466 e. The van der Waals surface area contributed by atoms with E-state index in [1.807, 2.05) is 25.1 Å². The molecule has 1 N–H and O–H groups in total. The van der Waals surface area contributed by atoms with Crippen LogP contribution >= 0.6 is 15.9 Å². The van der Waals surface area contributed by atoms with E-state index in [4.69, 9.17) is 4.74 Å². The number of nitrogens with one attached hydrogen (secondary N) is 1. The summed E-state index contributed by atoms with van der Waals surface area (Å²) in [6.07, 6.45) is 0.751. The molecule has 16 heavy (non-hydrogen) atoms. The molecule has 0 radical (unpaired) electrons. The molecule has 1 aliphatic heterocycles. The van der Waals surface area contributed by atoms with Gasteiger partial charge < -0.3 is 10.1 Å². The lowest BCUT2D eigenvalue weighted by Gasteiger charge is -2.25. The molecular weight excluding hydrogens is 270 g/mol. The number of hydrogen-bond donors (Lipinski definition) is 1. The van der Waals surface area contributed by atoms with E-state index in [0.29, 0.717) is 13.2 Å². The van der Waals surface area contributed by atoms with Gasteiger partial charge in [-0.3, -0.25) is 4.79 Å². The lowest BCUT2D eigenvalue weighted by Crippen LogP contribution is -2.31. The molecule has 1 aliphatic rings. The number of carbonyl (C=O) groups excluding carboxylic acids is 1. The van der Waals surface area contributed by atoms with Crippen molar-refractivity contribution in [1.29, 1.82) is 0 Å².